The SMILES string of the molecule is CC1CCC(NC(=O)[C@H]2[C@@H](C(=O)NCc3ccncc3)[C@@]2(C)C(=O)c2ccccc2N)CC1. The van der Waals surface area contributed by atoms with E-state index in [1.54, 1.807) is 43.6 Å². The van der Waals surface area contributed by atoms with Crippen LogP contribution in [0.25, 0.3) is 0 Å². The van der Waals surface area contributed by atoms with Gasteiger partial charge in [-0.2, -0.15) is 0 Å². The largest absolute Gasteiger partial charge is 0.398 e. The van der Waals surface area contributed by atoms with Gasteiger partial charge in [0.15, 0.2) is 5.78 Å². The fraction of sp³-hybridized carbons (Fsp3) is 0.462. The summed E-state index contributed by atoms with van der Waals surface area (Å²) in [6.45, 7) is 4.25. The normalized spacial score (nSPS) is 28.5. The van der Waals surface area contributed by atoms with Crippen molar-refractivity contribution in [1.82, 2.24) is 15.6 Å². The Hall–Kier alpha value is -3.22. The Morgan fingerprint density at radius 3 is 2.30 bits per heavy atom. The molecule has 1 heterocycles. The van der Waals surface area contributed by atoms with Gasteiger partial charge in [-0.3, -0.25) is 19.4 Å². The topological polar surface area (TPSA) is 114 Å². The number of para-hydroxylation sites is 1. The van der Waals surface area contributed by atoms with Gasteiger partial charge in [-0.05, 0) is 61.4 Å². The third-order valence-corrected chi connectivity index (χ3v) is 7.35. The summed E-state index contributed by atoms with van der Waals surface area (Å²) < 4.78 is 0. The van der Waals surface area contributed by atoms with Crippen molar-refractivity contribution in [3.05, 3.63) is 59.9 Å². The first kappa shape index (κ1) is 23.0. The molecule has 0 aliphatic heterocycles. The number of carbonyl (C=O) groups is 3. The third-order valence-electron chi connectivity index (χ3n) is 7.35. The maximum absolute atomic E-state index is 13.5. The molecule has 2 aromatic rings. The molecule has 2 amide bonds. The number of nitrogens with two attached hydrogens (primary N) is 1. The van der Waals surface area contributed by atoms with Crippen LogP contribution in [0.15, 0.2) is 48.8 Å². The first-order valence-electron chi connectivity index (χ1n) is 11.7. The summed E-state index contributed by atoms with van der Waals surface area (Å²) in [6.07, 6.45) is 7.31. The van der Waals surface area contributed by atoms with Crippen LogP contribution in [-0.2, 0) is 16.1 Å². The van der Waals surface area contributed by atoms with E-state index in [0.29, 0.717) is 23.7 Å². The second kappa shape index (κ2) is 9.33. The Balaban J connectivity index is 1.53. The number of aromatic nitrogens is 1. The van der Waals surface area contributed by atoms with Crippen LogP contribution < -0.4 is 16.4 Å². The average molecular weight is 449 g/mol. The van der Waals surface area contributed by atoms with Crippen molar-refractivity contribution in [3.8, 4) is 0 Å². The van der Waals surface area contributed by atoms with Crippen LogP contribution in [0.5, 0.6) is 0 Å². The summed E-state index contributed by atoms with van der Waals surface area (Å²) in [4.78, 5) is 44.0. The van der Waals surface area contributed by atoms with Crippen LogP contribution in [0.3, 0.4) is 0 Å². The maximum Gasteiger partial charge on any atom is 0.225 e. The zero-order valence-electron chi connectivity index (χ0n) is 19.2. The number of anilines is 1. The molecular weight excluding hydrogens is 416 g/mol. The van der Waals surface area contributed by atoms with Crippen LogP contribution in [0.1, 0.15) is 55.5 Å². The van der Waals surface area contributed by atoms with Crippen molar-refractivity contribution in [2.24, 2.45) is 23.2 Å². The quantitative estimate of drug-likeness (QED) is 0.445. The second-order valence-corrected chi connectivity index (χ2v) is 9.69. The van der Waals surface area contributed by atoms with Gasteiger partial charge in [-0.15, -0.1) is 0 Å². The summed E-state index contributed by atoms with van der Waals surface area (Å²) in [5.41, 5.74) is 6.53. The minimum absolute atomic E-state index is 0.0935. The lowest BCUT2D eigenvalue weighted by atomic mass is 9.87. The molecular formula is C26H32N4O3. The summed E-state index contributed by atoms with van der Waals surface area (Å²) in [5.74, 6) is -1.57. The molecule has 174 valence electrons. The highest BCUT2D eigenvalue weighted by Crippen LogP contribution is 2.61. The molecule has 2 fully saturated rings. The van der Waals surface area contributed by atoms with Crippen LogP contribution >= 0.6 is 0 Å². The molecule has 4 rings (SSSR count). The fourth-order valence-corrected chi connectivity index (χ4v) is 5.13. The molecule has 4 N–H and O–H groups in total. The monoisotopic (exact) mass is 448 g/mol. The van der Waals surface area contributed by atoms with E-state index < -0.39 is 17.3 Å². The molecule has 33 heavy (non-hydrogen) atoms. The van der Waals surface area contributed by atoms with Gasteiger partial charge < -0.3 is 16.4 Å². The minimum Gasteiger partial charge on any atom is -0.398 e. The molecule has 0 radical (unpaired) electrons. The van der Waals surface area contributed by atoms with Gasteiger partial charge in [-0.1, -0.05) is 26.0 Å². The van der Waals surface area contributed by atoms with Crippen molar-refractivity contribution in [1.29, 1.82) is 0 Å². The number of pyridine rings is 1. The lowest BCUT2D eigenvalue weighted by molar-refractivity contribution is -0.127. The average Bonchev–Trinajstić information content (AvgIpc) is 3.46. The molecule has 3 atom stereocenters. The van der Waals surface area contributed by atoms with E-state index in [9.17, 15) is 14.4 Å². The lowest BCUT2D eigenvalue weighted by Crippen LogP contribution is -2.39. The highest BCUT2D eigenvalue weighted by Gasteiger charge is 2.72. The maximum atomic E-state index is 13.5. The fourth-order valence-electron chi connectivity index (χ4n) is 5.13. The van der Waals surface area contributed by atoms with E-state index >= 15 is 0 Å². The summed E-state index contributed by atoms with van der Waals surface area (Å²) in [7, 11) is 0. The Labute approximate surface area is 194 Å². The molecule has 1 aromatic heterocycles. The second-order valence-electron chi connectivity index (χ2n) is 9.69. The molecule has 7 heteroatoms. The van der Waals surface area contributed by atoms with E-state index in [4.69, 9.17) is 5.73 Å². The highest BCUT2D eigenvalue weighted by molar-refractivity contribution is 6.14. The number of benzene rings is 1. The zero-order valence-corrected chi connectivity index (χ0v) is 19.2. The Bertz CT molecular complexity index is 1030. The van der Waals surface area contributed by atoms with Gasteiger partial charge in [0.1, 0.15) is 0 Å². The molecule has 2 saturated carbocycles. The first-order chi connectivity index (χ1) is 15.8. The highest BCUT2D eigenvalue weighted by atomic mass is 16.2. The van der Waals surface area contributed by atoms with Crippen LogP contribution in [0.2, 0.25) is 0 Å². The summed E-state index contributed by atoms with van der Waals surface area (Å²) in [5, 5.41) is 6.03. The molecule has 7 nitrogen and oxygen atoms in total. The van der Waals surface area contributed by atoms with Gasteiger partial charge in [0, 0.05) is 36.2 Å². The number of Topliss-reactive ketones (excluding diaryl/α,β-unsaturated/α-hetero) is 1. The smallest absolute Gasteiger partial charge is 0.225 e. The van der Waals surface area contributed by atoms with E-state index in [0.717, 1.165) is 31.2 Å². The van der Waals surface area contributed by atoms with Gasteiger partial charge in [0.25, 0.3) is 0 Å². The number of carbonyl (C=O) groups excluding carboxylic acids is 3. The third kappa shape index (κ3) is 4.63. The van der Waals surface area contributed by atoms with Crippen molar-refractivity contribution in [3.63, 3.8) is 0 Å². The standard InChI is InChI=1S/C26H32N4O3/c1-16-7-9-18(10-8-16)30-25(33)22-21(24(32)29-15-17-11-13-28-14-12-17)26(22,2)23(31)19-5-3-4-6-20(19)27/h3-6,11-14,16,18,21-22H,7-10,15,27H2,1-2H3,(H,29,32)(H,30,33)/t16?,18?,21-,22+,26+/m0/s1. The van der Waals surface area contributed by atoms with E-state index in [2.05, 4.69) is 22.5 Å². The Morgan fingerprint density at radius 2 is 1.64 bits per heavy atom. The number of hydrogen-bond acceptors (Lipinski definition) is 5. The Kier molecular flexibility index (Phi) is 6.49. The van der Waals surface area contributed by atoms with Crippen LogP contribution in [0.4, 0.5) is 5.69 Å². The predicted octanol–water partition coefficient (Wildman–Crippen LogP) is 3.11. The lowest BCUT2D eigenvalue weighted by Gasteiger charge is -2.27. The van der Waals surface area contributed by atoms with E-state index in [1.165, 1.54) is 0 Å². The number of hydrogen-bond donors (Lipinski definition) is 3. The van der Waals surface area contributed by atoms with Crippen molar-refractivity contribution >= 4 is 23.3 Å². The van der Waals surface area contributed by atoms with Crippen molar-refractivity contribution in [2.45, 2.75) is 52.1 Å². The molecule has 0 saturated heterocycles. The number of nitrogens with one attached hydrogen (secondary N) is 2. The molecule has 0 bridgehead atoms. The van der Waals surface area contributed by atoms with Crippen LogP contribution in [-0.4, -0.2) is 28.6 Å². The number of nitrogen functional groups attached to an aromatic ring is 1. The number of amides is 2. The first-order valence-corrected chi connectivity index (χ1v) is 11.7. The molecule has 0 spiro atoms. The summed E-state index contributed by atoms with van der Waals surface area (Å²) >= 11 is 0. The zero-order chi connectivity index (χ0) is 23.6. The minimum atomic E-state index is -1.14. The van der Waals surface area contributed by atoms with Gasteiger partial charge >= 0.3 is 0 Å². The molecule has 2 aliphatic carbocycles. The predicted molar refractivity (Wildman–Crippen MR) is 126 cm³/mol. The van der Waals surface area contributed by atoms with Crippen molar-refractivity contribution < 1.29 is 14.4 Å². The molecule has 0 unspecified atom stereocenters. The molecule has 2 aliphatic rings. The number of nitrogens with zero attached hydrogens (tertiary/aromatic N) is 1. The van der Waals surface area contributed by atoms with Crippen molar-refractivity contribution in [2.75, 3.05) is 5.73 Å². The van der Waals surface area contributed by atoms with Gasteiger partial charge in [-0.25, -0.2) is 0 Å². The van der Waals surface area contributed by atoms with Gasteiger partial charge in [0.2, 0.25) is 11.8 Å². The number of rotatable bonds is 7. The van der Waals surface area contributed by atoms with E-state index in [-0.39, 0.29) is 23.6 Å². The number of ketones is 1. The molecule has 1 aromatic carbocycles. The summed E-state index contributed by atoms with van der Waals surface area (Å²) in [6, 6.07) is 10.5. The van der Waals surface area contributed by atoms with Crippen LogP contribution in [0, 0.1) is 23.2 Å². The Morgan fingerprint density at radius 1 is 1.00 bits per heavy atom. The van der Waals surface area contributed by atoms with Gasteiger partial charge in [0.05, 0.1) is 17.3 Å². The van der Waals surface area contributed by atoms with E-state index in [1.807, 2.05) is 12.1 Å².